The maximum absolute atomic E-state index is 11.4. The van der Waals surface area contributed by atoms with Crippen LogP contribution in [-0.4, -0.2) is 0 Å². The van der Waals surface area contributed by atoms with E-state index < -0.39 is 34.1 Å². The zero-order chi connectivity index (χ0) is 6.41. The molecule has 0 aliphatic carbocycles. The van der Waals surface area contributed by atoms with E-state index in [1.807, 2.05) is 0 Å². The molecule has 0 atom stereocenters. The van der Waals surface area contributed by atoms with Gasteiger partial charge in [0.2, 0.25) is 0 Å². The Labute approximate surface area is 39.3 Å². The molecule has 7 heavy (non-hydrogen) atoms. The van der Waals surface area contributed by atoms with Crippen LogP contribution in [0.2, 0.25) is 0 Å². The Kier molecular flexibility index (Phi) is 1.10. The van der Waals surface area contributed by atoms with Crippen molar-refractivity contribution in [2.24, 2.45) is 0 Å². The first-order valence-corrected chi connectivity index (χ1v) is 8.25. The summed E-state index contributed by atoms with van der Waals surface area (Å²) in [5, 5.41) is 0. The van der Waals surface area contributed by atoms with Crippen LogP contribution in [0.1, 0.15) is 0 Å². The van der Waals surface area contributed by atoms with Gasteiger partial charge in [0.15, 0.2) is 0 Å². The quantitative estimate of drug-likeness (QED) is 0.583. The van der Waals surface area contributed by atoms with E-state index in [9.17, 15) is 5.46 Å². The van der Waals surface area contributed by atoms with Crippen molar-refractivity contribution in [1.82, 2.24) is 0 Å². The molecule has 0 amide bonds. The van der Waals surface area contributed by atoms with Gasteiger partial charge in [-0.3, -0.25) is 0 Å². The van der Waals surface area contributed by atoms with Crippen molar-refractivity contribution in [3.8, 4) is 0 Å². The minimum absolute atomic E-state index is 9.94. The van der Waals surface area contributed by atoms with Gasteiger partial charge in [-0.2, -0.15) is 0 Å². The summed E-state index contributed by atoms with van der Waals surface area (Å²) < 4.78 is 59.6. The summed E-state index contributed by atoms with van der Waals surface area (Å²) in [5.74, 6) is 0. The van der Waals surface area contributed by atoms with Gasteiger partial charge in [0.05, 0.1) is 0 Å². The van der Waals surface area contributed by atoms with Gasteiger partial charge in [0, 0.05) is 0 Å². The van der Waals surface area contributed by atoms with Crippen LogP contribution in [-0.2, 0) is 0 Å². The molecule has 0 fully saturated rings. The van der Waals surface area contributed by atoms with E-state index in [2.05, 4.69) is 0 Å². The second-order valence-corrected chi connectivity index (χ2v) is 7.80. The fourth-order valence-corrected chi connectivity index (χ4v) is 0. The fourth-order valence-electron chi connectivity index (χ4n) is 0. The number of hydrogen-bond acceptors (Lipinski definition) is 0. The summed E-state index contributed by atoms with van der Waals surface area (Å²) in [6.45, 7) is 0. The molecule has 0 heterocycles. The van der Waals surface area contributed by atoms with Crippen molar-refractivity contribution in [2.75, 3.05) is 0 Å². The summed E-state index contributed by atoms with van der Waals surface area (Å²) in [7, 11) is 0. The molecule has 0 radical (unpaired) electrons. The van der Waals surface area contributed by atoms with Gasteiger partial charge in [0.25, 0.3) is 0 Å². The van der Waals surface area contributed by atoms with E-state index in [0.29, 0.717) is 0 Å². The normalized spacial score (nSPS) is 23.1. The second kappa shape index (κ2) is 0.969. The summed E-state index contributed by atoms with van der Waals surface area (Å²) in [6.07, 6.45) is 0. The molecule has 0 aromatic carbocycles. The molecule has 0 bridgehead atoms. The molecule has 0 saturated heterocycles. The summed E-state index contributed by atoms with van der Waals surface area (Å²) in [5.41, 5.74) is 0. The van der Waals surface area contributed by atoms with Crippen LogP contribution in [0.5, 0.6) is 0 Å². The molecule has 0 unspecified atom stereocenters. The van der Waals surface area contributed by atoms with Crippen molar-refractivity contribution in [2.45, 2.75) is 0 Å². The maximum atomic E-state index is 9.94. The van der Waals surface area contributed by atoms with Gasteiger partial charge in [-0.1, -0.05) is 0 Å². The Hall–Kier alpha value is 0.957. The predicted octanol–water partition coefficient (Wildman–Crippen LogP) is 2.52. The van der Waals surface area contributed by atoms with E-state index in [-0.39, 0.29) is 0 Å². The Morgan fingerprint density at radius 1 is 0.571 bits per heavy atom. The molecule has 7 heteroatoms. The van der Waals surface area contributed by atoms with Gasteiger partial charge >= 0.3 is 39.6 Å². The van der Waals surface area contributed by atoms with Gasteiger partial charge in [-0.15, -0.1) is 0 Å². The molecule has 0 aliphatic heterocycles. The Balaban J connectivity index is 4.43. The number of hydrogen-bond donors (Lipinski definition) is 0. The molecule has 0 spiro atoms. The molecule has 0 N–H and O–H groups in total. The van der Waals surface area contributed by atoms with Gasteiger partial charge < -0.3 is 0 Å². The van der Waals surface area contributed by atoms with Gasteiger partial charge in [-0.05, 0) is 0 Å². The Morgan fingerprint density at radius 3 is 0.571 bits per heavy atom. The van der Waals surface area contributed by atoms with Crippen LogP contribution in [0, 0.1) is 34.1 Å². The zero-order valence-electron chi connectivity index (χ0n) is 2.77. The molecular weight excluding hydrogens is 254 g/mol. The molecular formula is CeF6. The fraction of sp³-hybridized carbons (Fsp3) is 0. The van der Waals surface area contributed by atoms with Crippen molar-refractivity contribution >= 4 is 0 Å². The van der Waals surface area contributed by atoms with E-state index in [0.717, 1.165) is 0 Å². The molecule has 0 aromatic rings. The van der Waals surface area contributed by atoms with Crippen molar-refractivity contribution in [3.05, 3.63) is 0 Å². The molecule has 0 aliphatic rings. The van der Waals surface area contributed by atoms with E-state index in [1.54, 1.807) is 0 Å². The first-order chi connectivity index (χ1) is 2.45. The van der Waals surface area contributed by atoms with Crippen LogP contribution >= 0.6 is 0 Å². The van der Waals surface area contributed by atoms with Crippen molar-refractivity contribution < 1.29 is 39.6 Å². The summed E-state index contributed by atoms with van der Waals surface area (Å²) >= 11 is -11.4. The van der Waals surface area contributed by atoms with E-state index in [1.165, 1.54) is 0 Å². The van der Waals surface area contributed by atoms with E-state index in [4.69, 9.17) is 0 Å². The Bertz CT molecular complexity index is 62.7. The monoisotopic (exact) mass is 254 g/mol. The first kappa shape index (κ1) is 7.96. The number of halogens is 6. The van der Waals surface area contributed by atoms with Gasteiger partial charge in [-0.25, -0.2) is 0 Å². The minimum atomic E-state index is -11.4. The third-order valence-corrected chi connectivity index (χ3v) is 0. The Morgan fingerprint density at radius 2 is 0.571 bits per heavy atom. The van der Waals surface area contributed by atoms with Crippen LogP contribution in [0.3, 0.4) is 0 Å². The van der Waals surface area contributed by atoms with Gasteiger partial charge in [0.1, 0.15) is 0 Å². The number of rotatable bonds is 0. The summed E-state index contributed by atoms with van der Waals surface area (Å²) in [4.78, 5) is 0. The standard InChI is InChI=1S/Ce.6FH/h;6*1H/q+6;;;;;;/p-6. The SMILES string of the molecule is [F][Ce]([F])([F])([F])([F])[F]. The molecule has 0 rings (SSSR count). The van der Waals surface area contributed by atoms with E-state index >= 15 is 0 Å². The summed E-state index contributed by atoms with van der Waals surface area (Å²) in [6, 6.07) is 0. The predicted molar refractivity (Wildman–Crippen MR) is 6.65 cm³/mol. The zero-order valence-corrected chi connectivity index (χ0v) is 5.91. The topological polar surface area (TPSA) is 0 Å². The van der Waals surface area contributed by atoms with Crippen molar-refractivity contribution in [1.29, 1.82) is 0 Å². The van der Waals surface area contributed by atoms with Crippen LogP contribution in [0.15, 0.2) is 0 Å². The molecule has 0 saturated carbocycles. The molecule has 0 nitrogen and oxygen atoms in total. The second-order valence-electron chi connectivity index (χ2n) is 1.07. The molecule has 46 valence electrons. The third kappa shape index (κ3) is 187. The third-order valence-electron chi connectivity index (χ3n) is 0. The average Bonchev–Trinajstić information content (AvgIpc) is 0.592. The van der Waals surface area contributed by atoms with Crippen LogP contribution < -0.4 is 0 Å². The molecule has 0 aromatic heterocycles. The van der Waals surface area contributed by atoms with Crippen molar-refractivity contribution in [3.63, 3.8) is 0 Å². The first-order valence-electron chi connectivity index (χ1n) is 1.13. The average molecular weight is 254 g/mol. The van der Waals surface area contributed by atoms with Crippen LogP contribution in [0.4, 0.5) is 5.46 Å². The van der Waals surface area contributed by atoms with Crippen LogP contribution in [0.25, 0.3) is 0 Å².